The van der Waals surface area contributed by atoms with E-state index >= 15 is 0 Å². The summed E-state index contributed by atoms with van der Waals surface area (Å²) >= 11 is 0. The van der Waals surface area contributed by atoms with Crippen LogP contribution in [0.1, 0.15) is 122 Å². The van der Waals surface area contributed by atoms with Crippen LogP contribution in [0.4, 0.5) is 0 Å². The topological polar surface area (TPSA) is 121 Å². The van der Waals surface area contributed by atoms with E-state index in [0.717, 1.165) is 19.3 Å². The molecule has 184 valence electrons. The van der Waals surface area contributed by atoms with Crippen LogP contribution in [0.25, 0.3) is 0 Å². The predicted octanol–water partition coefficient (Wildman–Crippen LogP) is 4.82. The minimum absolute atomic E-state index is 0. The molecule has 32 heavy (non-hydrogen) atoms. The molecule has 0 bridgehead atoms. The molecule has 7 nitrogen and oxygen atoms in total. The van der Waals surface area contributed by atoms with Crippen LogP contribution in [0.2, 0.25) is 0 Å². The molecule has 0 aliphatic heterocycles. The molecule has 1 unspecified atom stereocenters. The Kier molecular flexibility index (Phi) is 23.2. The Labute approximate surface area is 216 Å². The Balaban J connectivity index is 0. The number of hydrogen-bond donors (Lipinski definition) is 3. The van der Waals surface area contributed by atoms with E-state index in [9.17, 15) is 19.5 Å². The molecule has 0 amide bonds. The number of carbonyl (C=O) groups is 3. The Morgan fingerprint density at radius 2 is 1.03 bits per heavy atom. The van der Waals surface area contributed by atoms with Crippen molar-refractivity contribution in [2.24, 2.45) is 0 Å². The zero-order chi connectivity index (χ0) is 23.4. The summed E-state index contributed by atoms with van der Waals surface area (Å²) in [5.41, 5.74) is -2.63. The first-order chi connectivity index (χ1) is 14.8. The molecule has 0 heterocycles. The van der Waals surface area contributed by atoms with E-state index in [-0.39, 0.29) is 36.2 Å². The Morgan fingerprint density at radius 1 is 0.656 bits per heavy atom. The normalized spacial score (nSPS) is 12.6. The van der Waals surface area contributed by atoms with Gasteiger partial charge in [-0.15, -0.1) is 0 Å². The van der Waals surface area contributed by atoms with Gasteiger partial charge < -0.3 is 20.1 Å². The van der Waals surface area contributed by atoms with Gasteiger partial charge in [0.2, 0.25) is 0 Å². The third-order valence-corrected chi connectivity index (χ3v) is 5.54. The number of esters is 1. The number of aliphatic hydroxyl groups is 1. The van der Waals surface area contributed by atoms with Gasteiger partial charge in [0.25, 0.3) is 0 Å². The van der Waals surface area contributed by atoms with Crippen molar-refractivity contribution >= 4 is 47.5 Å². The monoisotopic (exact) mass is 468 g/mol. The summed E-state index contributed by atoms with van der Waals surface area (Å²) < 4.78 is 4.93. The molecule has 8 heteroatoms. The summed E-state index contributed by atoms with van der Waals surface area (Å²) in [5, 5.41) is 27.4. The van der Waals surface area contributed by atoms with Crippen LogP contribution in [-0.2, 0) is 19.1 Å². The van der Waals surface area contributed by atoms with Crippen LogP contribution in [0.15, 0.2) is 0 Å². The molecule has 0 aromatic heterocycles. The molecule has 0 aliphatic rings. The van der Waals surface area contributed by atoms with Crippen molar-refractivity contribution in [3.8, 4) is 0 Å². The van der Waals surface area contributed by atoms with Crippen LogP contribution in [0.5, 0.6) is 0 Å². The standard InChI is InChI=1S/C24H44O7.Na.H/c1-2-3-4-5-6-7-8-9-10-11-12-13-14-15-16-17-18-31-22(27)20-24(30,23(28)29)19-21(25)26;;/h30H,2-20H2,1H3,(H,25,26)(H,28,29);;. The molecule has 0 spiro atoms. The number of carboxylic acids is 2. The molecule has 0 rings (SSSR count). The third kappa shape index (κ3) is 20.0. The van der Waals surface area contributed by atoms with E-state index in [2.05, 4.69) is 6.92 Å². The first kappa shape index (κ1) is 33.5. The fraction of sp³-hybridized carbons (Fsp3) is 0.875. The predicted molar refractivity (Wildman–Crippen MR) is 127 cm³/mol. The van der Waals surface area contributed by atoms with Crippen LogP contribution >= 0.6 is 0 Å². The second kappa shape index (κ2) is 22.2. The third-order valence-electron chi connectivity index (χ3n) is 5.54. The summed E-state index contributed by atoms with van der Waals surface area (Å²) in [6.45, 7) is 2.40. The number of ether oxygens (including phenoxy) is 1. The summed E-state index contributed by atoms with van der Waals surface area (Å²) in [7, 11) is 0. The van der Waals surface area contributed by atoms with Crippen molar-refractivity contribution in [1.82, 2.24) is 0 Å². The van der Waals surface area contributed by atoms with Crippen molar-refractivity contribution in [2.75, 3.05) is 6.61 Å². The van der Waals surface area contributed by atoms with E-state index in [1.807, 2.05) is 0 Å². The Morgan fingerprint density at radius 3 is 1.38 bits per heavy atom. The maximum absolute atomic E-state index is 11.7. The summed E-state index contributed by atoms with van der Waals surface area (Å²) in [4.78, 5) is 33.3. The zero-order valence-corrected chi connectivity index (χ0v) is 19.4. The Bertz CT molecular complexity index is 499. The minimum atomic E-state index is -2.63. The SMILES string of the molecule is CCCCCCCCCCCCCCCCCCOC(=O)CC(O)(CC(=O)O)C(=O)O.[NaH]. The maximum atomic E-state index is 11.7. The van der Waals surface area contributed by atoms with Gasteiger partial charge in [-0.05, 0) is 6.42 Å². The van der Waals surface area contributed by atoms with Crippen molar-refractivity contribution in [2.45, 2.75) is 128 Å². The van der Waals surface area contributed by atoms with Gasteiger partial charge in [-0.2, -0.15) is 0 Å². The van der Waals surface area contributed by atoms with Crippen molar-refractivity contribution in [1.29, 1.82) is 0 Å². The molecule has 1 atom stereocenters. The summed E-state index contributed by atoms with van der Waals surface area (Å²) in [6, 6.07) is 0. The second-order valence-corrected chi connectivity index (χ2v) is 8.61. The average molecular weight is 469 g/mol. The molecule has 0 aromatic carbocycles. The van der Waals surface area contributed by atoms with Gasteiger partial charge in [0, 0.05) is 0 Å². The van der Waals surface area contributed by atoms with Gasteiger partial charge in [-0.3, -0.25) is 9.59 Å². The van der Waals surface area contributed by atoms with Crippen molar-refractivity contribution in [3.05, 3.63) is 0 Å². The number of aliphatic carboxylic acids is 2. The fourth-order valence-electron chi connectivity index (χ4n) is 3.59. The van der Waals surface area contributed by atoms with Gasteiger partial charge >= 0.3 is 47.5 Å². The number of carbonyl (C=O) groups excluding carboxylic acids is 1. The number of hydrogen-bond acceptors (Lipinski definition) is 5. The van der Waals surface area contributed by atoms with Crippen LogP contribution in [0, 0.1) is 0 Å². The molecule has 0 radical (unpaired) electrons. The number of rotatable bonds is 22. The van der Waals surface area contributed by atoms with E-state index in [1.54, 1.807) is 0 Å². The van der Waals surface area contributed by atoms with Gasteiger partial charge in [0.05, 0.1) is 19.4 Å². The molecule has 0 aromatic rings. The molecule has 0 saturated heterocycles. The molecule has 0 aliphatic carbocycles. The van der Waals surface area contributed by atoms with Gasteiger partial charge in [0.15, 0.2) is 5.60 Å². The summed E-state index contributed by atoms with van der Waals surface area (Å²) in [6.07, 6.45) is 18.0. The van der Waals surface area contributed by atoms with Crippen LogP contribution < -0.4 is 0 Å². The van der Waals surface area contributed by atoms with Gasteiger partial charge in [0.1, 0.15) is 0 Å². The van der Waals surface area contributed by atoms with Crippen LogP contribution in [-0.4, -0.2) is 75.0 Å². The first-order valence-electron chi connectivity index (χ1n) is 12.1. The van der Waals surface area contributed by atoms with E-state index in [1.165, 1.54) is 77.0 Å². The summed E-state index contributed by atoms with van der Waals surface area (Å²) in [5.74, 6) is -4.13. The van der Waals surface area contributed by atoms with Gasteiger partial charge in [-0.25, -0.2) is 4.79 Å². The van der Waals surface area contributed by atoms with Crippen molar-refractivity contribution < 1.29 is 34.4 Å². The van der Waals surface area contributed by atoms with E-state index in [0.29, 0.717) is 6.42 Å². The average Bonchev–Trinajstić information content (AvgIpc) is 2.69. The van der Waals surface area contributed by atoms with E-state index < -0.39 is 36.4 Å². The number of unbranched alkanes of at least 4 members (excludes halogenated alkanes) is 15. The van der Waals surface area contributed by atoms with E-state index in [4.69, 9.17) is 14.9 Å². The zero-order valence-electron chi connectivity index (χ0n) is 19.4. The molecule has 0 saturated carbocycles. The van der Waals surface area contributed by atoms with Crippen molar-refractivity contribution in [3.63, 3.8) is 0 Å². The Hall–Kier alpha value is -0.630. The molecular formula is C24H45NaO7. The first-order valence-corrected chi connectivity index (χ1v) is 12.1. The fourth-order valence-corrected chi connectivity index (χ4v) is 3.59. The molecule has 3 N–H and O–H groups in total. The molecular weight excluding hydrogens is 423 g/mol. The van der Waals surface area contributed by atoms with Crippen LogP contribution in [0.3, 0.4) is 0 Å². The second-order valence-electron chi connectivity index (χ2n) is 8.61. The molecule has 0 fully saturated rings. The number of carboxylic acid groups (broad SMARTS) is 2. The van der Waals surface area contributed by atoms with Gasteiger partial charge in [-0.1, -0.05) is 103 Å². The quantitative estimate of drug-likeness (QED) is 0.118.